The Kier molecular flexibility index (Phi) is 1.82. The number of aryl methyl sites for hydroxylation is 1. The molecule has 0 saturated heterocycles. The van der Waals surface area contributed by atoms with Crippen LogP contribution in [-0.2, 0) is 13.2 Å². The van der Waals surface area contributed by atoms with Crippen molar-refractivity contribution in [3.05, 3.63) is 18.0 Å². The first-order chi connectivity index (χ1) is 4.36. The summed E-state index contributed by atoms with van der Waals surface area (Å²) in [5.74, 6) is 0. The summed E-state index contributed by atoms with van der Waals surface area (Å²) in [6.45, 7) is 2.25. The van der Waals surface area contributed by atoms with Gasteiger partial charge in [0.25, 0.3) is 0 Å². The Morgan fingerprint density at radius 3 is 3.00 bits per heavy atom. The summed E-state index contributed by atoms with van der Waals surface area (Å²) in [5.41, 5.74) is 0.525. The van der Waals surface area contributed by atoms with E-state index in [-0.39, 0.29) is 0 Å². The normalized spacial score (nSPS) is 10.0. The van der Waals surface area contributed by atoms with Crippen LogP contribution in [0.5, 0.6) is 0 Å². The first-order valence-electron chi connectivity index (χ1n) is 2.86. The van der Waals surface area contributed by atoms with Crippen LogP contribution in [0.15, 0.2) is 6.20 Å². The van der Waals surface area contributed by atoms with Gasteiger partial charge in [0.1, 0.15) is 12.9 Å². The van der Waals surface area contributed by atoms with Gasteiger partial charge < -0.3 is 0 Å². The van der Waals surface area contributed by atoms with Crippen molar-refractivity contribution in [3.63, 3.8) is 0 Å². The molecule has 0 amide bonds. The largest absolute Gasteiger partial charge is 0.272 e. The number of nitrogens with zero attached hydrogens (tertiary/aromatic N) is 2. The second kappa shape index (κ2) is 2.62. The van der Waals surface area contributed by atoms with Crippen molar-refractivity contribution >= 4 is 0 Å². The molecule has 0 bridgehead atoms. The molecule has 0 N–H and O–H groups in total. The lowest BCUT2D eigenvalue weighted by molar-refractivity contribution is 0.484. The van der Waals surface area contributed by atoms with Crippen LogP contribution in [0.2, 0.25) is 0 Å². The molecule has 1 aromatic rings. The predicted octanol–water partition coefficient (Wildman–Crippen LogP) is 1.17. The summed E-state index contributed by atoms with van der Waals surface area (Å²) in [4.78, 5) is 0. The molecule has 0 aliphatic rings. The molecule has 0 spiro atoms. The molecule has 1 aromatic heterocycles. The van der Waals surface area contributed by atoms with Gasteiger partial charge in [0.15, 0.2) is 0 Å². The molecule has 1 radical (unpaired) electrons. The molecule has 2 nitrogen and oxygen atoms in total. The van der Waals surface area contributed by atoms with E-state index in [1.165, 1.54) is 0 Å². The van der Waals surface area contributed by atoms with E-state index < -0.39 is 6.67 Å². The van der Waals surface area contributed by atoms with Crippen molar-refractivity contribution in [1.29, 1.82) is 0 Å². The first-order valence-corrected chi connectivity index (χ1v) is 2.86. The quantitative estimate of drug-likeness (QED) is 0.583. The van der Waals surface area contributed by atoms with Crippen molar-refractivity contribution in [2.75, 3.05) is 0 Å². The van der Waals surface area contributed by atoms with Crippen LogP contribution in [0, 0.1) is 6.20 Å². The maximum atomic E-state index is 11.8. The van der Waals surface area contributed by atoms with Crippen LogP contribution in [0.4, 0.5) is 4.39 Å². The molecule has 1 rings (SSSR count). The number of halogens is 1. The Morgan fingerprint density at radius 1 is 1.89 bits per heavy atom. The molecule has 3 heteroatoms. The van der Waals surface area contributed by atoms with Crippen LogP contribution in [0.3, 0.4) is 0 Å². The molecular formula is C6H8FN2. The molecule has 0 aliphatic heterocycles. The number of alkyl halides is 1. The van der Waals surface area contributed by atoms with E-state index in [2.05, 4.69) is 11.3 Å². The van der Waals surface area contributed by atoms with E-state index in [9.17, 15) is 4.39 Å². The standard InChI is InChI=1S/C6H8FN2/c1-2-9-5-6(3-7)4-8-9/h5H,2-3H2,1H3. The second-order valence-electron chi connectivity index (χ2n) is 1.76. The highest BCUT2D eigenvalue weighted by Gasteiger charge is 1.94. The highest BCUT2D eigenvalue weighted by atomic mass is 19.1. The minimum atomic E-state index is -0.472. The summed E-state index contributed by atoms with van der Waals surface area (Å²) in [6, 6.07) is 0. The topological polar surface area (TPSA) is 17.8 Å². The van der Waals surface area contributed by atoms with Gasteiger partial charge in [-0.25, -0.2) is 4.39 Å². The molecule has 0 atom stereocenters. The number of hydrogen-bond acceptors (Lipinski definition) is 1. The molecule has 0 unspecified atom stereocenters. The van der Waals surface area contributed by atoms with Gasteiger partial charge in [-0.3, -0.25) is 4.68 Å². The van der Waals surface area contributed by atoms with E-state index in [0.29, 0.717) is 5.56 Å². The Balaban J connectivity index is 2.74. The van der Waals surface area contributed by atoms with Crippen molar-refractivity contribution in [1.82, 2.24) is 9.78 Å². The van der Waals surface area contributed by atoms with E-state index >= 15 is 0 Å². The van der Waals surface area contributed by atoms with E-state index in [1.807, 2.05) is 6.92 Å². The lowest BCUT2D eigenvalue weighted by Crippen LogP contribution is -1.92. The minimum absolute atomic E-state index is 0.472. The highest BCUT2D eigenvalue weighted by Crippen LogP contribution is 1.97. The van der Waals surface area contributed by atoms with Crippen molar-refractivity contribution in [3.8, 4) is 0 Å². The van der Waals surface area contributed by atoms with Gasteiger partial charge in [0.05, 0.1) is 0 Å². The fraction of sp³-hybridized carbons (Fsp3) is 0.500. The fourth-order valence-electron chi connectivity index (χ4n) is 0.592. The maximum Gasteiger partial charge on any atom is 0.119 e. The van der Waals surface area contributed by atoms with E-state index in [4.69, 9.17) is 0 Å². The van der Waals surface area contributed by atoms with E-state index in [1.54, 1.807) is 10.9 Å². The highest BCUT2D eigenvalue weighted by molar-refractivity contribution is 4.99. The fourth-order valence-corrected chi connectivity index (χ4v) is 0.592. The van der Waals surface area contributed by atoms with Gasteiger partial charge in [-0.2, -0.15) is 5.10 Å². The minimum Gasteiger partial charge on any atom is -0.272 e. The summed E-state index contributed by atoms with van der Waals surface area (Å²) < 4.78 is 13.4. The maximum absolute atomic E-state index is 11.8. The van der Waals surface area contributed by atoms with Crippen LogP contribution >= 0.6 is 0 Å². The SMILES string of the molecule is CCn1cc(CF)[c]n1. The monoisotopic (exact) mass is 127 g/mol. The van der Waals surface area contributed by atoms with Crippen molar-refractivity contribution in [2.24, 2.45) is 0 Å². The van der Waals surface area contributed by atoms with Gasteiger partial charge in [-0.1, -0.05) is 0 Å². The van der Waals surface area contributed by atoms with E-state index in [0.717, 1.165) is 6.54 Å². The van der Waals surface area contributed by atoms with Crippen LogP contribution < -0.4 is 0 Å². The zero-order chi connectivity index (χ0) is 6.69. The average molecular weight is 127 g/mol. The summed E-state index contributed by atoms with van der Waals surface area (Å²) >= 11 is 0. The zero-order valence-corrected chi connectivity index (χ0v) is 5.26. The molecule has 0 fully saturated rings. The molecule has 9 heavy (non-hydrogen) atoms. The Labute approximate surface area is 53.3 Å². The first kappa shape index (κ1) is 6.26. The van der Waals surface area contributed by atoms with Crippen molar-refractivity contribution in [2.45, 2.75) is 20.1 Å². The summed E-state index contributed by atoms with van der Waals surface area (Å²) in [7, 11) is 0. The Bertz CT molecular complexity index is 164. The molecular weight excluding hydrogens is 119 g/mol. The molecule has 0 aliphatic carbocycles. The predicted molar refractivity (Wildman–Crippen MR) is 31.5 cm³/mol. The zero-order valence-electron chi connectivity index (χ0n) is 5.26. The molecule has 49 valence electrons. The summed E-state index contributed by atoms with van der Waals surface area (Å²) in [5, 5.41) is 3.76. The van der Waals surface area contributed by atoms with Crippen molar-refractivity contribution < 1.29 is 4.39 Å². The van der Waals surface area contributed by atoms with Gasteiger partial charge >= 0.3 is 0 Å². The molecule has 1 heterocycles. The average Bonchev–Trinajstić information content (AvgIpc) is 2.34. The number of aromatic nitrogens is 2. The van der Waals surface area contributed by atoms with Crippen LogP contribution in [0.25, 0.3) is 0 Å². The summed E-state index contributed by atoms with van der Waals surface area (Å²) in [6.07, 6.45) is 4.20. The Morgan fingerprint density at radius 2 is 2.67 bits per heavy atom. The second-order valence-corrected chi connectivity index (χ2v) is 1.76. The van der Waals surface area contributed by atoms with Gasteiger partial charge in [-0.05, 0) is 6.92 Å². The lowest BCUT2D eigenvalue weighted by atomic mass is 10.4. The van der Waals surface area contributed by atoms with Crippen LogP contribution in [-0.4, -0.2) is 9.78 Å². The third-order valence-corrected chi connectivity index (χ3v) is 1.09. The van der Waals surface area contributed by atoms with Gasteiger partial charge in [0.2, 0.25) is 0 Å². The Hall–Kier alpha value is -0.860. The third kappa shape index (κ3) is 1.28. The lowest BCUT2D eigenvalue weighted by Gasteiger charge is -1.88. The van der Waals surface area contributed by atoms with Crippen LogP contribution in [0.1, 0.15) is 12.5 Å². The third-order valence-electron chi connectivity index (χ3n) is 1.09. The number of hydrogen-bond donors (Lipinski definition) is 0. The van der Waals surface area contributed by atoms with Gasteiger partial charge in [0, 0.05) is 18.3 Å². The van der Waals surface area contributed by atoms with Gasteiger partial charge in [-0.15, -0.1) is 0 Å². The molecule has 0 aromatic carbocycles. The molecule has 0 saturated carbocycles. The number of rotatable bonds is 2. The smallest absolute Gasteiger partial charge is 0.119 e.